The fourth-order valence-corrected chi connectivity index (χ4v) is 21.3. The lowest BCUT2D eigenvalue weighted by Crippen LogP contribution is -2.42. The van der Waals surface area contributed by atoms with Crippen LogP contribution in [-0.4, -0.2) is 188 Å². The number of hydrogen-bond acceptors (Lipinski definition) is 23. The van der Waals surface area contributed by atoms with Crippen LogP contribution in [-0.2, 0) is 26.2 Å². The minimum atomic E-state index is -0.181. The molecule has 0 unspecified atom stereocenters. The van der Waals surface area contributed by atoms with Crippen molar-refractivity contribution in [2.45, 2.75) is 177 Å². The van der Waals surface area contributed by atoms with Crippen LogP contribution < -0.4 is 42.5 Å². The van der Waals surface area contributed by atoms with Crippen molar-refractivity contribution >= 4 is 112 Å². The maximum atomic E-state index is 13.2. The predicted molar refractivity (Wildman–Crippen MR) is 532 cm³/mol. The summed E-state index contributed by atoms with van der Waals surface area (Å²) >= 11 is 0. The molecule has 0 radical (unpaired) electrons. The second kappa shape index (κ2) is 36.3. The van der Waals surface area contributed by atoms with Crippen LogP contribution in [0.2, 0.25) is 0 Å². The zero-order valence-corrected chi connectivity index (χ0v) is 76.2. The van der Waals surface area contributed by atoms with Gasteiger partial charge in [-0.3, -0.25) is 64.5 Å². The number of pyridine rings is 7. The Kier molecular flexibility index (Phi) is 22.1. The highest BCUT2D eigenvalue weighted by atomic mass is 16.2. The van der Waals surface area contributed by atoms with Crippen LogP contribution in [0.5, 0.6) is 0 Å². The lowest BCUT2D eigenvalue weighted by atomic mass is 9.90. The van der Waals surface area contributed by atoms with Crippen LogP contribution in [0.3, 0.4) is 0 Å². The van der Waals surface area contributed by atoms with E-state index in [-0.39, 0.29) is 47.8 Å². The smallest absolute Gasteiger partial charge is 0.272 e. The number of imidazole rings is 4. The second-order valence-corrected chi connectivity index (χ2v) is 38.0. The Balaban J connectivity index is 0.0000000985. The summed E-state index contributed by atoms with van der Waals surface area (Å²) in [5, 5.41) is 61.8. The van der Waals surface area contributed by atoms with Gasteiger partial charge in [-0.1, -0.05) is 30.3 Å². The van der Waals surface area contributed by atoms with E-state index >= 15 is 0 Å². The van der Waals surface area contributed by atoms with Crippen LogP contribution in [0.4, 0.5) is 0 Å². The molecule has 4 aliphatic carbocycles. The first-order chi connectivity index (χ1) is 68.8. The van der Waals surface area contributed by atoms with Crippen molar-refractivity contribution in [3.05, 3.63) is 246 Å². The van der Waals surface area contributed by atoms with Crippen LogP contribution in [0.15, 0.2) is 202 Å². The summed E-state index contributed by atoms with van der Waals surface area (Å²) in [6, 6.07) is 45.0. The van der Waals surface area contributed by atoms with Gasteiger partial charge in [0.25, 0.3) is 23.6 Å². The highest BCUT2D eigenvalue weighted by Crippen LogP contribution is 2.39. The molecule has 0 atom stereocenters. The minimum absolute atomic E-state index is 0.0701. The van der Waals surface area contributed by atoms with Crippen molar-refractivity contribution in [1.29, 1.82) is 0 Å². The molecule has 5 aromatic carbocycles. The fourth-order valence-electron chi connectivity index (χ4n) is 21.3. The van der Waals surface area contributed by atoms with Crippen molar-refractivity contribution in [2.75, 3.05) is 0 Å². The number of para-hydroxylation sites is 2. The van der Waals surface area contributed by atoms with Crippen LogP contribution >= 0.6 is 0 Å². The summed E-state index contributed by atoms with van der Waals surface area (Å²) in [4.78, 5) is 117. The first kappa shape index (κ1) is 85.3. The number of benzene rings is 5. The second-order valence-electron chi connectivity index (χ2n) is 38.0. The van der Waals surface area contributed by atoms with Crippen LogP contribution in [0, 0.1) is 0 Å². The van der Waals surface area contributed by atoms with Crippen molar-refractivity contribution in [1.82, 2.24) is 158 Å². The molecule has 0 spiro atoms. The molecule has 15 aromatic heterocycles. The number of carbonyl (C=O) groups is 4. The Bertz CT molecular complexity index is 7260. The third-order valence-electron chi connectivity index (χ3n) is 28.9. The Morgan fingerprint density at radius 3 is 1.04 bits per heavy atom. The van der Waals surface area contributed by atoms with Gasteiger partial charge in [0.05, 0.1) is 66.9 Å². The van der Waals surface area contributed by atoms with Gasteiger partial charge < -0.3 is 62.5 Å². The van der Waals surface area contributed by atoms with E-state index in [0.29, 0.717) is 114 Å². The Morgan fingerprint density at radius 2 is 0.600 bits per heavy atom. The first-order valence-electron chi connectivity index (χ1n) is 48.2. The Hall–Kier alpha value is -16.4. The molecule has 32 bridgehead atoms. The molecule has 20 aromatic rings. The molecule has 12 aliphatic rings. The van der Waals surface area contributed by atoms with E-state index < -0.39 is 0 Å². The maximum absolute atomic E-state index is 13.2. The van der Waals surface area contributed by atoms with Crippen LogP contribution in [0.25, 0.3) is 178 Å². The highest BCUT2D eigenvalue weighted by molar-refractivity contribution is 6.10. The average molecular weight is 1860 g/mol. The van der Waals surface area contributed by atoms with Gasteiger partial charge in [-0.15, -0.1) is 0 Å². The van der Waals surface area contributed by atoms with E-state index in [1.807, 2.05) is 116 Å². The summed E-state index contributed by atoms with van der Waals surface area (Å²) in [5.74, 6) is 1.99. The summed E-state index contributed by atoms with van der Waals surface area (Å²) in [6.45, 7) is 3.07. The SMILES string of the molecule is O=C1NC2CCC(CC2)NCc2cncc(c2)-c2ccc3[nH]nc(c3c2)-c2nc3c1cccc3[nH]2.O=C1NC2CCC(CC2)NCc2cncc(c2)-c2ccc3[nH]nc(c3c2)-c2nc3c1cncc3[nH]2.O=C1NC2CCC(CC2)NCc2cncc(c2)-c2ccc3[nH]nc(c3c2)-c2nc3c1nccc3[nH]2.O=C1NC2CCC(CC2)NCc2cncc(c2)-c2cnc3n[nH]c(c3c2)-c2nc3c1cccc3[nH]2. The minimum Gasteiger partial charge on any atom is -0.349 e. The average Bonchev–Trinajstić information content (AvgIpc) is 1.63. The number of nitrogens with one attached hydrogen (secondary N) is 16. The van der Waals surface area contributed by atoms with E-state index in [9.17, 15) is 19.2 Å². The van der Waals surface area contributed by atoms with Gasteiger partial charge in [0.15, 0.2) is 34.6 Å². The molecule has 35 heteroatoms. The van der Waals surface area contributed by atoms with Gasteiger partial charge in [0.1, 0.15) is 44.8 Å². The molecule has 8 aliphatic heterocycles. The predicted octanol–water partition coefficient (Wildman–Crippen LogP) is 15.4. The molecule has 23 heterocycles. The Labute approximate surface area is 798 Å². The summed E-state index contributed by atoms with van der Waals surface area (Å²) in [6.07, 6.45) is 37.8. The molecule has 0 saturated heterocycles. The fraction of sp³-hybridized carbons (Fsp3) is 0.267. The van der Waals surface area contributed by atoms with E-state index in [1.165, 1.54) is 0 Å². The molecule has 4 amide bonds. The van der Waals surface area contributed by atoms with E-state index in [2.05, 4.69) is 205 Å². The third kappa shape index (κ3) is 16.9. The molecular weight excluding hydrogens is 1760 g/mol. The number of hydrogen-bond donors (Lipinski definition) is 16. The van der Waals surface area contributed by atoms with E-state index in [4.69, 9.17) is 19.9 Å². The molecule has 32 rings (SSSR count). The molecule has 35 nitrogen and oxygen atoms in total. The molecule has 4 saturated carbocycles. The van der Waals surface area contributed by atoms with Gasteiger partial charge in [-0.05, 0) is 239 Å². The van der Waals surface area contributed by atoms with Gasteiger partial charge >= 0.3 is 0 Å². The zero-order valence-electron chi connectivity index (χ0n) is 76.2. The lowest BCUT2D eigenvalue weighted by molar-refractivity contribution is 0.0913. The molecular formula is C105H97N31O4. The van der Waals surface area contributed by atoms with Crippen molar-refractivity contribution in [3.63, 3.8) is 0 Å². The molecule has 140 heavy (non-hydrogen) atoms. The monoisotopic (exact) mass is 1860 g/mol. The van der Waals surface area contributed by atoms with Gasteiger partial charge in [0.2, 0.25) is 0 Å². The first-order valence-corrected chi connectivity index (χ1v) is 48.2. The number of H-pyrrole nitrogens is 8. The largest absolute Gasteiger partial charge is 0.349 e. The van der Waals surface area contributed by atoms with Crippen molar-refractivity contribution in [2.24, 2.45) is 0 Å². The number of aromatic nitrogens is 23. The normalized spacial score (nSPS) is 20.2. The van der Waals surface area contributed by atoms with Gasteiger partial charge in [-0.2, -0.15) is 20.4 Å². The highest BCUT2D eigenvalue weighted by Gasteiger charge is 2.33. The summed E-state index contributed by atoms with van der Waals surface area (Å²) < 4.78 is 0. The summed E-state index contributed by atoms with van der Waals surface area (Å²) in [5.41, 5.74) is 26.7. The number of carbonyl (C=O) groups excluding carboxylic acids is 4. The summed E-state index contributed by atoms with van der Waals surface area (Å²) in [7, 11) is 0. The maximum Gasteiger partial charge on any atom is 0.272 e. The van der Waals surface area contributed by atoms with E-state index in [0.717, 1.165) is 262 Å². The quantitative estimate of drug-likeness (QED) is 0.0670. The topological polar surface area (TPSA) is 484 Å². The Morgan fingerprint density at radius 1 is 0.250 bits per heavy atom. The number of amides is 4. The number of nitrogens with zero attached hydrogens (tertiary/aromatic N) is 15. The van der Waals surface area contributed by atoms with Crippen molar-refractivity contribution in [3.8, 4) is 90.6 Å². The van der Waals surface area contributed by atoms with E-state index in [1.54, 1.807) is 18.6 Å². The zero-order chi connectivity index (χ0) is 93.4. The van der Waals surface area contributed by atoms with Gasteiger partial charge in [-0.25, -0.2) is 29.9 Å². The molecule has 696 valence electrons. The number of fused-ring (bicyclic) bond motifs is 16. The third-order valence-corrected chi connectivity index (χ3v) is 28.9. The van der Waals surface area contributed by atoms with Gasteiger partial charge in [0, 0.05) is 187 Å². The number of rotatable bonds is 0. The number of aromatic amines is 8. The molecule has 4 fully saturated rings. The van der Waals surface area contributed by atoms with Crippen molar-refractivity contribution < 1.29 is 19.2 Å². The standard InChI is InChI=1S/C27H25N7O.3C26H24N8O/c35-27-20-2-1-3-23-24(20)32-26(31-23)25-21-11-16(4-9-22(21)33-34-25)17-10-15(12-28-14-17)13-29-18-5-7-19(30-27)8-6-18;35-26-20-12-28-13-22-23(20)32-25(31-22)24-19-8-15(1-6-21(19)33-34-24)16-7-14(9-27-11-16)10-29-17-2-4-18(30-26)5-3-17;35-26-24-23-21(7-8-28-24)31-25(32-23)22-19-10-15(1-6-20(19)33-34-22)16-9-14(11-27-13-16)12-29-17-2-4-18(30-26)5-3-17;35-26-19-2-1-3-21-22(19)32-25(31-21)23-20-9-16(13-29-24(20)34-33-23)15-8-14(10-27-12-15)11-28-17-4-6-18(30-26)7-5-17/h1-4,9-12,14,18-19,29H,5-8,13H2,(H,30,35)(H,31,32)(H,33,34);1,6-9,11-13,17-18,29H,2-5,10H2,(H,30,35)(H,31,32)(H,33,34);1,6-11,13,17-18,29H,2-5,12H2,(H,30,35)(H,31,32)(H,33,34);1-3,8-10,12-13,17-18,28H,4-7,11H2,(H,30,35)(H,31,32)(H,29,33,34). The van der Waals surface area contributed by atoms with Crippen LogP contribution in [0.1, 0.15) is 167 Å². The molecule has 16 N–H and O–H groups in total. The lowest BCUT2D eigenvalue weighted by Gasteiger charge is -2.30.